The van der Waals surface area contributed by atoms with E-state index in [1.54, 1.807) is 0 Å². The number of aryl methyl sites for hydroxylation is 2. The van der Waals surface area contributed by atoms with Crippen molar-refractivity contribution >= 4 is 27.3 Å². The van der Waals surface area contributed by atoms with Crippen molar-refractivity contribution in [1.29, 1.82) is 0 Å². The molecular weight excluding hydrogens is 398 g/mol. The third-order valence-corrected chi connectivity index (χ3v) is 10.8. The largest absolute Gasteiger partial charge is 0.281 e. The molecule has 0 N–H and O–H groups in total. The van der Waals surface area contributed by atoms with Crippen LogP contribution in [-0.4, -0.2) is 23.2 Å². The second-order valence-corrected chi connectivity index (χ2v) is 14.7. The zero-order valence-corrected chi connectivity index (χ0v) is 21.7. The van der Waals surface area contributed by atoms with Crippen LogP contribution in [0.4, 0.5) is 11.4 Å². The van der Waals surface area contributed by atoms with Crippen LogP contribution in [0.1, 0.15) is 63.6 Å². The van der Waals surface area contributed by atoms with E-state index in [2.05, 4.69) is 103 Å². The molecule has 0 atom stereocenters. The molecule has 0 aliphatic carbocycles. The van der Waals surface area contributed by atoms with Crippen molar-refractivity contribution in [1.82, 2.24) is 0 Å². The van der Waals surface area contributed by atoms with Gasteiger partial charge in [-0.2, -0.15) is 0 Å². The standard InChI is InChI=1S/C28H41NOS/c1-10-21(2)15-17-27(30)29(26-16-14-22(3)18-23(26)4)25-13-11-12-24(19-25)20-31(8,9)28(5,6)7/h11-14,16,18-19H,2,10,15,17,20H2,1,3-9H3. The smallest absolute Gasteiger partial charge is 0.231 e. The minimum atomic E-state index is -0.832. The van der Waals surface area contributed by atoms with Gasteiger partial charge < -0.3 is 0 Å². The molecule has 0 bridgehead atoms. The van der Waals surface area contributed by atoms with Crippen molar-refractivity contribution in [2.75, 3.05) is 17.4 Å². The van der Waals surface area contributed by atoms with Gasteiger partial charge in [-0.25, -0.2) is 10.0 Å². The van der Waals surface area contributed by atoms with Crippen molar-refractivity contribution in [3.05, 3.63) is 71.3 Å². The molecule has 0 spiro atoms. The van der Waals surface area contributed by atoms with Gasteiger partial charge in [0.25, 0.3) is 0 Å². The Morgan fingerprint density at radius 3 is 2.29 bits per heavy atom. The molecule has 0 saturated carbocycles. The summed E-state index contributed by atoms with van der Waals surface area (Å²) in [7, 11) is -0.832. The molecule has 2 rings (SSSR count). The lowest BCUT2D eigenvalue weighted by Crippen LogP contribution is -2.27. The summed E-state index contributed by atoms with van der Waals surface area (Å²) in [6, 6.07) is 14.9. The Labute approximate surface area is 192 Å². The zero-order chi connectivity index (χ0) is 23.4. The van der Waals surface area contributed by atoms with Gasteiger partial charge >= 0.3 is 0 Å². The van der Waals surface area contributed by atoms with E-state index in [0.29, 0.717) is 6.42 Å². The van der Waals surface area contributed by atoms with E-state index in [4.69, 9.17) is 0 Å². The first-order chi connectivity index (χ1) is 14.4. The minimum Gasteiger partial charge on any atom is -0.281 e. The fourth-order valence-corrected chi connectivity index (χ4v) is 4.91. The van der Waals surface area contributed by atoms with Gasteiger partial charge in [0.2, 0.25) is 5.91 Å². The van der Waals surface area contributed by atoms with Crippen LogP contribution in [0.3, 0.4) is 0 Å². The maximum absolute atomic E-state index is 13.4. The average Bonchev–Trinajstić information content (AvgIpc) is 2.67. The monoisotopic (exact) mass is 439 g/mol. The maximum atomic E-state index is 13.4. The molecule has 0 aliphatic rings. The van der Waals surface area contributed by atoms with Gasteiger partial charge in [0.15, 0.2) is 0 Å². The van der Waals surface area contributed by atoms with E-state index in [9.17, 15) is 4.79 Å². The van der Waals surface area contributed by atoms with E-state index in [-0.39, 0.29) is 10.7 Å². The third-order valence-electron chi connectivity index (χ3n) is 6.39. The van der Waals surface area contributed by atoms with Crippen molar-refractivity contribution < 1.29 is 4.79 Å². The van der Waals surface area contributed by atoms with E-state index in [1.165, 1.54) is 11.1 Å². The van der Waals surface area contributed by atoms with Crippen LogP contribution in [0.15, 0.2) is 54.6 Å². The molecular formula is C28H41NOS. The highest BCUT2D eigenvalue weighted by molar-refractivity contribution is 8.33. The zero-order valence-electron chi connectivity index (χ0n) is 20.8. The molecule has 3 heteroatoms. The number of allylic oxidation sites excluding steroid dienone is 1. The number of carbonyl (C=O) groups excluding carboxylic acids is 1. The summed E-state index contributed by atoms with van der Waals surface area (Å²) in [5.41, 5.74) is 6.68. The fourth-order valence-electron chi connectivity index (χ4n) is 3.46. The molecule has 1 amide bonds. The summed E-state index contributed by atoms with van der Waals surface area (Å²) >= 11 is 0. The van der Waals surface area contributed by atoms with Gasteiger partial charge in [-0.05, 0) is 73.3 Å². The van der Waals surface area contributed by atoms with E-state index >= 15 is 0 Å². The molecule has 2 aromatic rings. The number of hydrogen-bond acceptors (Lipinski definition) is 1. The number of benzene rings is 2. The molecule has 31 heavy (non-hydrogen) atoms. The molecule has 0 heterocycles. The van der Waals surface area contributed by atoms with Gasteiger partial charge in [-0.3, -0.25) is 9.69 Å². The number of carbonyl (C=O) groups is 1. The van der Waals surface area contributed by atoms with Gasteiger partial charge in [0.1, 0.15) is 0 Å². The van der Waals surface area contributed by atoms with Crippen LogP contribution in [0.5, 0.6) is 0 Å². The SMILES string of the molecule is C=C(CC)CCC(=O)N(c1cccc(CS(C)(C)C(C)(C)C)c1)c1ccc(C)cc1C. The first kappa shape index (κ1) is 25.3. The van der Waals surface area contributed by atoms with Gasteiger partial charge in [0.05, 0.1) is 5.69 Å². The van der Waals surface area contributed by atoms with Crippen LogP contribution in [0.2, 0.25) is 0 Å². The summed E-state index contributed by atoms with van der Waals surface area (Å²) in [5.74, 6) is 1.17. The first-order valence-corrected chi connectivity index (χ1v) is 13.8. The second-order valence-electron chi connectivity index (χ2n) is 10.1. The molecule has 0 radical (unpaired) electrons. The van der Waals surface area contributed by atoms with Crippen LogP contribution in [0.25, 0.3) is 0 Å². The Hall–Kier alpha value is -2.00. The first-order valence-electron chi connectivity index (χ1n) is 11.2. The number of nitrogens with zero attached hydrogens (tertiary/aromatic N) is 1. The Morgan fingerprint density at radius 2 is 1.71 bits per heavy atom. The highest BCUT2D eigenvalue weighted by Crippen LogP contribution is 2.55. The Balaban J connectivity index is 2.47. The van der Waals surface area contributed by atoms with E-state index in [0.717, 1.165) is 41.1 Å². The summed E-state index contributed by atoms with van der Waals surface area (Å²) in [5, 5.41) is 0. The predicted octanol–water partition coefficient (Wildman–Crippen LogP) is 8.08. The van der Waals surface area contributed by atoms with E-state index in [1.807, 2.05) is 4.90 Å². The van der Waals surface area contributed by atoms with Crippen molar-refractivity contribution in [3.63, 3.8) is 0 Å². The topological polar surface area (TPSA) is 20.3 Å². The quantitative estimate of drug-likeness (QED) is 0.381. The average molecular weight is 440 g/mol. The number of hydrogen-bond donors (Lipinski definition) is 0. The van der Waals surface area contributed by atoms with Gasteiger partial charge in [-0.1, -0.05) is 69.7 Å². The van der Waals surface area contributed by atoms with Crippen LogP contribution in [0, 0.1) is 13.8 Å². The lowest BCUT2D eigenvalue weighted by Gasteiger charge is -2.45. The van der Waals surface area contributed by atoms with Gasteiger partial charge in [-0.15, -0.1) is 0 Å². The lowest BCUT2D eigenvalue weighted by molar-refractivity contribution is -0.117. The summed E-state index contributed by atoms with van der Waals surface area (Å²) in [4.78, 5) is 15.4. The summed E-state index contributed by atoms with van der Waals surface area (Å²) < 4.78 is 0.270. The molecule has 170 valence electrons. The molecule has 0 unspecified atom stereocenters. The highest BCUT2D eigenvalue weighted by atomic mass is 32.3. The molecule has 0 aromatic heterocycles. The van der Waals surface area contributed by atoms with Crippen LogP contribution >= 0.6 is 10.0 Å². The number of anilines is 2. The third kappa shape index (κ3) is 6.49. The Bertz CT molecular complexity index is 936. The van der Waals surface area contributed by atoms with Crippen LogP contribution in [-0.2, 0) is 10.5 Å². The van der Waals surface area contributed by atoms with Crippen molar-refractivity contribution in [2.24, 2.45) is 0 Å². The molecule has 0 aliphatic heterocycles. The molecule has 2 nitrogen and oxygen atoms in total. The maximum Gasteiger partial charge on any atom is 0.231 e. The number of rotatable bonds is 8. The van der Waals surface area contributed by atoms with Gasteiger partial charge in [0, 0.05) is 17.9 Å². The second kappa shape index (κ2) is 10.1. The minimum absolute atomic E-state index is 0.126. The molecule has 2 aromatic carbocycles. The molecule has 0 fully saturated rings. The highest BCUT2D eigenvalue weighted by Gasteiger charge is 2.28. The fraction of sp³-hybridized carbons (Fsp3) is 0.464. The molecule has 0 saturated heterocycles. The van der Waals surface area contributed by atoms with Crippen molar-refractivity contribution in [2.45, 2.75) is 71.3 Å². The summed E-state index contributed by atoms with van der Waals surface area (Å²) in [6.07, 6.45) is 6.93. The Kier molecular flexibility index (Phi) is 8.21. The van der Waals surface area contributed by atoms with E-state index < -0.39 is 10.0 Å². The Morgan fingerprint density at radius 1 is 1.03 bits per heavy atom. The normalized spacial score (nSPS) is 12.5. The van der Waals surface area contributed by atoms with Crippen LogP contribution < -0.4 is 4.90 Å². The lowest BCUT2D eigenvalue weighted by atomic mass is 10.1. The van der Waals surface area contributed by atoms with Crippen molar-refractivity contribution in [3.8, 4) is 0 Å². The summed E-state index contributed by atoms with van der Waals surface area (Å²) in [6.45, 7) is 17.4. The predicted molar refractivity (Wildman–Crippen MR) is 141 cm³/mol. The number of amides is 1.